The highest BCUT2D eigenvalue weighted by molar-refractivity contribution is 6.34. The van der Waals surface area contributed by atoms with Gasteiger partial charge in [-0.1, -0.05) is 43.6 Å². The van der Waals surface area contributed by atoms with Crippen molar-refractivity contribution in [2.24, 2.45) is 0 Å². The minimum absolute atomic E-state index is 0.121. The summed E-state index contributed by atoms with van der Waals surface area (Å²) < 4.78 is 7.44. The van der Waals surface area contributed by atoms with E-state index in [0.717, 1.165) is 23.4 Å². The van der Waals surface area contributed by atoms with Gasteiger partial charge in [-0.05, 0) is 69.0 Å². The summed E-state index contributed by atoms with van der Waals surface area (Å²) in [6.07, 6.45) is 0.980. The van der Waals surface area contributed by atoms with E-state index in [4.69, 9.17) is 16.3 Å². The van der Waals surface area contributed by atoms with Crippen LogP contribution in [0.4, 0.5) is 11.4 Å². The number of amides is 2. The maximum atomic E-state index is 12.7. The van der Waals surface area contributed by atoms with Crippen LogP contribution in [0.1, 0.15) is 56.1 Å². The zero-order chi connectivity index (χ0) is 24.8. The fraction of sp³-hybridized carbons (Fsp3) is 0.346. The minimum Gasteiger partial charge on any atom is -0.483 e. The van der Waals surface area contributed by atoms with Crippen LogP contribution in [0.2, 0.25) is 5.02 Å². The molecule has 8 heteroatoms. The molecule has 0 aliphatic rings. The molecule has 7 nitrogen and oxygen atoms in total. The molecule has 0 saturated carbocycles. The predicted molar refractivity (Wildman–Crippen MR) is 136 cm³/mol. The Hall–Kier alpha value is -3.32. The molecule has 34 heavy (non-hydrogen) atoms. The second-order valence-electron chi connectivity index (χ2n) is 8.42. The summed E-state index contributed by atoms with van der Waals surface area (Å²) in [5.41, 5.74) is 3.80. The molecule has 1 heterocycles. The number of aryl methyl sites for hydroxylation is 2. The zero-order valence-corrected chi connectivity index (χ0v) is 20.9. The largest absolute Gasteiger partial charge is 0.483 e. The first-order valence-corrected chi connectivity index (χ1v) is 11.7. The van der Waals surface area contributed by atoms with E-state index in [9.17, 15) is 9.59 Å². The summed E-state index contributed by atoms with van der Waals surface area (Å²) >= 11 is 6.37. The lowest BCUT2D eigenvalue weighted by atomic mass is 9.98. The van der Waals surface area contributed by atoms with E-state index in [0.29, 0.717) is 28.1 Å². The molecule has 2 N–H and O–H groups in total. The van der Waals surface area contributed by atoms with Crippen LogP contribution in [-0.2, 0) is 9.59 Å². The van der Waals surface area contributed by atoms with Gasteiger partial charge in [0.1, 0.15) is 11.8 Å². The number of anilines is 2. The fourth-order valence-corrected chi connectivity index (χ4v) is 3.89. The van der Waals surface area contributed by atoms with Crippen molar-refractivity contribution in [3.8, 4) is 5.75 Å². The van der Waals surface area contributed by atoms with E-state index >= 15 is 0 Å². The fourth-order valence-electron chi connectivity index (χ4n) is 3.66. The van der Waals surface area contributed by atoms with E-state index in [1.165, 1.54) is 0 Å². The Bertz CT molecular complexity index is 1170. The molecular weight excluding hydrogens is 452 g/mol. The summed E-state index contributed by atoms with van der Waals surface area (Å²) in [4.78, 5) is 25.1. The lowest BCUT2D eigenvalue weighted by Gasteiger charge is -2.16. The van der Waals surface area contributed by atoms with Gasteiger partial charge >= 0.3 is 0 Å². The molecule has 2 aromatic carbocycles. The van der Waals surface area contributed by atoms with Crippen LogP contribution in [0.3, 0.4) is 0 Å². The number of carbonyl (C=O) groups is 2. The third-order valence-electron chi connectivity index (χ3n) is 5.72. The summed E-state index contributed by atoms with van der Waals surface area (Å²) in [5.74, 6) is 0.507. The third kappa shape index (κ3) is 6.17. The lowest BCUT2D eigenvalue weighted by molar-refractivity contribution is -0.119. The zero-order valence-electron chi connectivity index (χ0n) is 20.2. The van der Waals surface area contributed by atoms with E-state index in [1.54, 1.807) is 29.8 Å². The smallest absolute Gasteiger partial charge is 0.262 e. The van der Waals surface area contributed by atoms with Crippen LogP contribution < -0.4 is 15.4 Å². The Morgan fingerprint density at radius 1 is 1.09 bits per heavy atom. The molecule has 0 saturated heterocycles. The molecule has 2 atom stereocenters. The molecule has 0 aliphatic carbocycles. The standard InChI is InChI=1S/C26H31ClN4O3/c1-6-16(2)21-9-7-8-10-24(21)34-15-25(32)28-20-11-12-23(22(27)14-20)29-26(33)19(5)31-18(4)13-17(3)30-31/h7-14,16,19H,6,15H2,1-5H3,(H,28,32)(H,29,33)/t16-,19-/m1/s1. The molecule has 3 rings (SSSR count). The number of rotatable bonds is 9. The van der Waals surface area contributed by atoms with Gasteiger partial charge in [-0.2, -0.15) is 5.10 Å². The van der Waals surface area contributed by atoms with Gasteiger partial charge in [-0.25, -0.2) is 0 Å². The molecule has 0 radical (unpaired) electrons. The molecule has 0 spiro atoms. The van der Waals surface area contributed by atoms with Crippen LogP contribution >= 0.6 is 11.6 Å². The SMILES string of the molecule is CC[C@@H](C)c1ccccc1OCC(=O)Nc1ccc(NC(=O)[C@@H](C)n2nc(C)cc2C)c(Cl)c1. The Morgan fingerprint density at radius 3 is 2.47 bits per heavy atom. The van der Waals surface area contributed by atoms with Crippen molar-refractivity contribution in [1.82, 2.24) is 9.78 Å². The first-order valence-electron chi connectivity index (χ1n) is 11.3. The monoisotopic (exact) mass is 482 g/mol. The normalized spacial score (nSPS) is 12.6. The van der Waals surface area contributed by atoms with Crippen molar-refractivity contribution in [3.05, 3.63) is 70.5 Å². The highest BCUT2D eigenvalue weighted by Crippen LogP contribution is 2.29. The molecule has 0 fully saturated rings. The average molecular weight is 483 g/mol. The van der Waals surface area contributed by atoms with Crippen LogP contribution in [-0.4, -0.2) is 28.2 Å². The number of nitrogens with zero attached hydrogens (tertiary/aromatic N) is 2. The molecular formula is C26H31ClN4O3. The lowest BCUT2D eigenvalue weighted by Crippen LogP contribution is -2.25. The van der Waals surface area contributed by atoms with Gasteiger partial charge in [0.15, 0.2) is 6.61 Å². The van der Waals surface area contributed by atoms with Crippen LogP contribution in [0, 0.1) is 13.8 Å². The quantitative estimate of drug-likeness (QED) is 0.398. The Kier molecular flexibility index (Phi) is 8.34. The van der Waals surface area contributed by atoms with Gasteiger partial charge in [0.2, 0.25) is 5.91 Å². The van der Waals surface area contributed by atoms with Crippen molar-refractivity contribution in [2.45, 2.75) is 53.0 Å². The minimum atomic E-state index is -0.500. The van der Waals surface area contributed by atoms with Crippen LogP contribution in [0.15, 0.2) is 48.5 Å². The Morgan fingerprint density at radius 2 is 1.82 bits per heavy atom. The van der Waals surface area contributed by atoms with Crippen molar-refractivity contribution in [1.29, 1.82) is 0 Å². The summed E-state index contributed by atoms with van der Waals surface area (Å²) in [5, 5.41) is 10.3. The molecule has 0 bridgehead atoms. The van der Waals surface area contributed by atoms with Crippen molar-refractivity contribution in [3.63, 3.8) is 0 Å². The Balaban J connectivity index is 1.59. The topological polar surface area (TPSA) is 85.3 Å². The average Bonchev–Trinajstić information content (AvgIpc) is 3.16. The third-order valence-corrected chi connectivity index (χ3v) is 6.04. The van der Waals surface area contributed by atoms with Crippen LogP contribution in [0.25, 0.3) is 0 Å². The number of hydrogen-bond donors (Lipinski definition) is 2. The molecule has 2 amide bonds. The van der Waals surface area contributed by atoms with Crippen LogP contribution in [0.5, 0.6) is 5.75 Å². The van der Waals surface area contributed by atoms with Gasteiger partial charge < -0.3 is 15.4 Å². The number of benzene rings is 2. The second-order valence-corrected chi connectivity index (χ2v) is 8.82. The molecule has 1 aromatic heterocycles. The first kappa shape index (κ1) is 25.3. The van der Waals surface area contributed by atoms with E-state index in [1.807, 2.05) is 44.2 Å². The number of halogens is 1. The maximum Gasteiger partial charge on any atom is 0.262 e. The van der Waals surface area contributed by atoms with Gasteiger partial charge in [0, 0.05) is 11.4 Å². The van der Waals surface area contributed by atoms with E-state index in [-0.39, 0.29) is 18.4 Å². The van der Waals surface area contributed by atoms with Crippen molar-refractivity contribution < 1.29 is 14.3 Å². The van der Waals surface area contributed by atoms with Crippen molar-refractivity contribution >= 4 is 34.8 Å². The van der Waals surface area contributed by atoms with Gasteiger partial charge in [0.05, 0.1) is 16.4 Å². The number of para-hydroxylation sites is 1. The first-order chi connectivity index (χ1) is 16.2. The second kappa shape index (κ2) is 11.2. The molecule has 0 aliphatic heterocycles. The maximum absolute atomic E-state index is 12.7. The number of aromatic nitrogens is 2. The number of nitrogens with one attached hydrogen (secondary N) is 2. The van der Waals surface area contributed by atoms with E-state index < -0.39 is 6.04 Å². The van der Waals surface area contributed by atoms with Gasteiger partial charge in [-0.3, -0.25) is 14.3 Å². The highest BCUT2D eigenvalue weighted by atomic mass is 35.5. The highest BCUT2D eigenvalue weighted by Gasteiger charge is 2.19. The van der Waals surface area contributed by atoms with Gasteiger partial charge in [-0.15, -0.1) is 0 Å². The number of carbonyl (C=O) groups excluding carboxylic acids is 2. The number of hydrogen-bond acceptors (Lipinski definition) is 4. The molecule has 180 valence electrons. The predicted octanol–water partition coefficient (Wildman–Crippen LogP) is 5.88. The van der Waals surface area contributed by atoms with E-state index in [2.05, 4.69) is 29.6 Å². The number of ether oxygens (including phenoxy) is 1. The Labute approximate surface area is 205 Å². The molecule has 3 aromatic rings. The summed E-state index contributed by atoms with van der Waals surface area (Å²) in [6.45, 7) is 9.68. The van der Waals surface area contributed by atoms with Gasteiger partial charge in [0.25, 0.3) is 5.91 Å². The summed E-state index contributed by atoms with van der Waals surface area (Å²) in [7, 11) is 0. The summed E-state index contributed by atoms with van der Waals surface area (Å²) in [6, 6.07) is 14.1. The van der Waals surface area contributed by atoms with Crippen molar-refractivity contribution in [2.75, 3.05) is 17.2 Å². The molecule has 0 unspecified atom stereocenters.